The summed E-state index contributed by atoms with van der Waals surface area (Å²) in [6, 6.07) is 15.5. The van der Waals surface area contributed by atoms with E-state index < -0.39 is 0 Å². The third-order valence-corrected chi connectivity index (χ3v) is 3.17. The van der Waals surface area contributed by atoms with Crippen LogP contribution in [-0.4, -0.2) is 0 Å². The minimum Gasteiger partial charge on any atom is -0.354 e. The van der Waals surface area contributed by atoms with Gasteiger partial charge >= 0.3 is 0 Å². The monoisotopic (exact) mass is 270 g/mol. The molecule has 0 unspecified atom stereocenters. The SMILES string of the molecule is CC(C)c1cccc(Nc2cc(Cl)ccc2C#N)c1. The second-order valence-electron chi connectivity index (χ2n) is 4.71. The molecule has 0 fully saturated rings. The molecule has 0 aliphatic heterocycles. The van der Waals surface area contributed by atoms with Gasteiger partial charge in [-0.05, 0) is 41.8 Å². The molecule has 0 atom stereocenters. The quantitative estimate of drug-likeness (QED) is 0.844. The standard InChI is InChI=1S/C16H15ClN2/c1-11(2)12-4-3-5-15(8-12)19-16-9-14(17)7-6-13(16)10-18/h3-9,11,19H,1-2H3. The molecule has 19 heavy (non-hydrogen) atoms. The first-order chi connectivity index (χ1) is 9.10. The Morgan fingerprint density at radius 1 is 1.16 bits per heavy atom. The zero-order valence-corrected chi connectivity index (χ0v) is 11.7. The van der Waals surface area contributed by atoms with Gasteiger partial charge in [-0.25, -0.2) is 0 Å². The maximum absolute atomic E-state index is 9.10. The molecule has 1 N–H and O–H groups in total. The van der Waals surface area contributed by atoms with Crippen LogP contribution in [-0.2, 0) is 0 Å². The fraction of sp³-hybridized carbons (Fsp3) is 0.188. The van der Waals surface area contributed by atoms with Gasteiger partial charge in [0, 0.05) is 10.7 Å². The summed E-state index contributed by atoms with van der Waals surface area (Å²) >= 11 is 5.97. The Labute approximate surface area is 118 Å². The Hall–Kier alpha value is -1.98. The summed E-state index contributed by atoms with van der Waals surface area (Å²) < 4.78 is 0. The van der Waals surface area contributed by atoms with Gasteiger partial charge in [0.1, 0.15) is 6.07 Å². The predicted octanol–water partition coefficient (Wildman–Crippen LogP) is 5.08. The molecule has 0 spiro atoms. The van der Waals surface area contributed by atoms with Crippen molar-refractivity contribution >= 4 is 23.0 Å². The molecule has 0 aromatic heterocycles. The van der Waals surface area contributed by atoms with Crippen LogP contribution in [0, 0.1) is 11.3 Å². The number of halogens is 1. The molecule has 2 nitrogen and oxygen atoms in total. The Balaban J connectivity index is 2.33. The third-order valence-electron chi connectivity index (χ3n) is 2.93. The summed E-state index contributed by atoms with van der Waals surface area (Å²) in [4.78, 5) is 0. The molecule has 0 saturated heterocycles. The van der Waals surface area contributed by atoms with Crippen LogP contribution in [0.5, 0.6) is 0 Å². The molecule has 0 heterocycles. The number of hydrogen-bond acceptors (Lipinski definition) is 2. The van der Waals surface area contributed by atoms with Crippen LogP contribution in [0.2, 0.25) is 5.02 Å². The third kappa shape index (κ3) is 3.27. The van der Waals surface area contributed by atoms with Crippen molar-refractivity contribution < 1.29 is 0 Å². The van der Waals surface area contributed by atoms with Crippen LogP contribution in [0.1, 0.15) is 30.9 Å². The van der Waals surface area contributed by atoms with E-state index in [-0.39, 0.29) is 0 Å². The average Bonchev–Trinajstić information content (AvgIpc) is 2.39. The topological polar surface area (TPSA) is 35.8 Å². The van der Waals surface area contributed by atoms with Crippen molar-refractivity contribution in [2.75, 3.05) is 5.32 Å². The van der Waals surface area contributed by atoms with Crippen molar-refractivity contribution in [1.29, 1.82) is 5.26 Å². The second-order valence-corrected chi connectivity index (χ2v) is 5.14. The molecule has 0 radical (unpaired) electrons. The molecule has 0 bridgehead atoms. The van der Waals surface area contributed by atoms with Crippen LogP contribution < -0.4 is 5.32 Å². The molecule has 96 valence electrons. The summed E-state index contributed by atoms with van der Waals surface area (Å²) in [6.07, 6.45) is 0. The molecule has 2 aromatic rings. The Morgan fingerprint density at radius 3 is 2.63 bits per heavy atom. The van der Waals surface area contributed by atoms with E-state index in [0.717, 1.165) is 11.4 Å². The molecular weight excluding hydrogens is 256 g/mol. The highest BCUT2D eigenvalue weighted by molar-refractivity contribution is 6.30. The van der Waals surface area contributed by atoms with E-state index in [2.05, 4.69) is 37.4 Å². The van der Waals surface area contributed by atoms with E-state index in [1.807, 2.05) is 12.1 Å². The van der Waals surface area contributed by atoms with Gasteiger partial charge in [-0.15, -0.1) is 0 Å². The molecule has 0 amide bonds. The lowest BCUT2D eigenvalue weighted by Gasteiger charge is -2.11. The molecule has 0 aliphatic carbocycles. The maximum Gasteiger partial charge on any atom is 0.101 e. The van der Waals surface area contributed by atoms with Crippen molar-refractivity contribution in [2.24, 2.45) is 0 Å². The smallest absolute Gasteiger partial charge is 0.101 e. The van der Waals surface area contributed by atoms with Gasteiger partial charge < -0.3 is 5.32 Å². The van der Waals surface area contributed by atoms with E-state index in [1.54, 1.807) is 18.2 Å². The number of nitrogens with one attached hydrogen (secondary N) is 1. The largest absolute Gasteiger partial charge is 0.354 e. The van der Waals surface area contributed by atoms with Gasteiger partial charge in [0.25, 0.3) is 0 Å². The second kappa shape index (κ2) is 5.77. The first kappa shape index (κ1) is 13.5. The van der Waals surface area contributed by atoms with Gasteiger partial charge in [0.2, 0.25) is 0 Å². The van der Waals surface area contributed by atoms with Crippen LogP contribution in [0.25, 0.3) is 0 Å². The highest BCUT2D eigenvalue weighted by Gasteiger charge is 2.05. The van der Waals surface area contributed by atoms with Crippen LogP contribution in [0.4, 0.5) is 11.4 Å². The molecular formula is C16H15ClN2. The molecule has 0 saturated carbocycles. The van der Waals surface area contributed by atoms with Crippen molar-refractivity contribution in [2.45, 2.75) is 19.8 Å². The summed E-state index contributed by atoms with van der Waals surface area (Å²) in [5.74, 6) is 0.469. The number of benzene rings is 2. The lowest BCUT2D eigenvalue weighted by Crippen LogP contribution is -1.95. The van der Waals surface area contributed by atoms with Crippen LogP contribution in [0.3, 0.4) is 0 Å². The first-order valence-electron chi connectivity index (χ1n) is 6.17. The number of rotatable bonds is 3. The van der Waals surface area contributed by atoms with Gasteiger partial charge in [-0.2, -0.15) is 5.26 Å². The Kier molecular flexibility index (Phi) is 4.09. The zero-order valence-electron chi connectivity index (χ0n) is 10.9. The number of hydrogen-bond donors (Lipinski definition) is 1. The fourth-order valence-corrected chi connectivity index (χ4v) is 2.02. The van der Waals surface area contributed by atoms with Crippen molar-refractivity contribution in [3.05, 3.63) is 58.6 Å². The van der Waals surface area contributed by atoms with Gasteiger partial charge in [-0.1, -0.05) is 37.6 Å². The van der Waals surface area contributed by atoms with E-state index in [9.17, 15) is 0 Å². The van der Waals surface area contributed by atoms with Crippen LogP contribution in [0.15, 0.2) is 42.5 Å². The summed E-state index contributed by atoms with van der Waals surface area (Å²) in [6.45, 7) is 4.30. The predicted molar refractivity (Wildman–Crippen MR) is 80.0 cm³/mol. The van der Waals surface area contributed by atoms with E-state index in [1.165, 1.54) is 5.56 Å². The van der Waals surface area contributed by atoms with E-state index in [0.29, 0.717) is 16.5 Å². The van der Waals surface area contributed by atoms with Crippen molar-refractivity contribution in [3.8, 4) is 6.07 Å². The normalized spacial score (nSPS) is 10.3. The van der Waals surface area contributed by atoms with E-state index in [4.69, 9.17) is 16.9 Å². The molecule has 0 aliphatic rings. The lowest BCUT2D eigenvalue weighted by molar-refractivity contribution is 0.867. The van der Waals surface area contributed by atoms with Gasteiger partial charge in [0.05, 0.1) is 11.3 Å². The summed E-state index contributed by atoms with van der Waals surface area (Å²) in [5.41, 5.74) is 3.53. The van der Waals surface area contributed by atoms with Gasteiger partial charge in [-0.3, -0.25) is 0 Å². The van der Waals surface area contributed by atoms with Crippen molar-refractivity contribution in [3.63, 3.8) is 0 Å². The summed E-state index contributed by atoms with van der Waals surface area (Å²) in [5, 5.41) is 13.0. The average molecular weight is 271 g/mol. The highest BCUT2D eigenvalue weighted by Crippen LogP contribution is 2.26. The fourth-order valence-electron chi connectivity index (χ4n) is 1.85. The minimum absolute atomic E-state index is 0.469. The van der Waals surface area contributed by atoms with E-state index >= 15 is 0 Å². The highest BCUT2D eigenvalue weighted by atomic mass is 35.5. The molecule has 2 rings (SSSR count). The zero-order chi connectivity index (χ0) is 13.8. The molecule has 2 aromatic carbocycles. The number of anilines is 2. The Bertz CT molecular complexity index is 627. The number of nitriles is 1. The summed E-state index contributed by atoms with van der Waals surface area (Å²) in [7, 11) is 0. The van der Waals surface area contributed by atoms with Crippen molar-refractivity contribution in [1.82, 2.24) is 0 Å². The first-order valence-corrected chi connectivity index (χ1v) is 6.54. The Morgan fingerprint density at radius 2 is 1.95 bits per heavy atom. The lowest BCUT2D eigenvalue weighted by atomic mass is 10.0. The van der Waals surface area contributed by atoms with Gasteiger partial charge in [0.15, 0.2) is 0 Å². The van der Waals surface area contributed by atoms with Crippen LogP contribution >= 0.6 is 11.6 Å². The minimum atomic E-state index is 0.469. The number of nitrogens with zero attached hydrogens (tertiary/aromatic N) is 1. The molecule has 3 heteroatoms. The maximum atomic E-state index is 9.10.